The molecule has 0 radical (unpaired) electrons. The zero-order chi connectivity index (χ0) is 15.2. The molecule has 0 spiro atoms. The lowest BCUT2D eigenvalue weighted by molar-refractivity contribution is -0.384. The molecule has 1 N–H and O–H groups in total. The van der Waals surface area contributed by atoms with Crippen LogP contribution in [0.4, 0.5) is 11.4 Å². The lowest BCUT2D eigenvalue weighted by Gasteiger charge is -2.05. The first-order chi connectivity index (χ1) is 10.1. The van der Waals surface area contributed by atoms with E-state index in [0.29, 0.717) is 22.0 Å². The van der Waals surface area contributed by atoms with Crippen molar-refractivity contribution in [2.75, 3.05) is 12.5 Å². The normalized spacial score (nSPS) is 10.6. The molecule has 0 atom stereocenters. The van der Waals surface area contributed by atoms with Gasteiger partial charge in [0.15, 0.2) is 0 Å². The Balaban J connectivity index is 2.07. The van der Waals surface area contributed by atoms with Crippen LogP contribution in [0.5, 0.6) is 5.75 Å². The largest absolute Gasteiger partial charge is 0.495 e. The van der Waals surface area contributed by atoms with Gasteiger partial charge in [-0.1, -0.05) is 23.7 Å². The van der Waals surface area contributed by atoms with Gasteiger partial charge in [-0.15, -0.1) is 0 Å². The number of ether oxygens (including phenoxy) is 1. The Morgan fingerprint density at radius 1 is 1.33 bits per heavy atom. The maximum absolute atomic E-state index is 10.7. The highest BCUT2D eigenvalue weighted by molar-refractivity contribution is 6.32. The van der Waals surface area contributed by atoms with Crippen molar-refractivity contribution in [1.82, 2.24) is 0 Å². The highest BCUT2D eigenvalue weighted by Gasteiger charge is 2.04. The van der Waals surface area contributed by atoms with Crippen LogP contribution in [-0.2, 0) is 0 Å². The average Bonchev–Trinajstić information content (AvgIpc) is 2.48. The number of halogens is 1. The lowest BCUT2D eigenvalue weighted by Crippen LogP contribution is -1.93. The molecule has 2 rings (SSSR count). The quantitative estimate of drug-likeness (QED) is 0.519. The fraction of sp³-hybridized carbons (Fsp3) is 0.0714. The molecule has 0 bridgehead atoms. The smallest absolute Gasteiger partial charge is 0.270 e. The number of nitro groups is 1. The summed E-state index contributed by atoms with van der Waals surface area (Å²) in [6.07, 6.45) is 1.49. The first kappa shape index (κ1) is 14.8. The molecule has 108 valence electrons. The zero-order valence-electron chi connectivity index (χ0n) is 11.1. The van der Waals surface area contributed by atoms with Gasteiger partial charge in [0, 0.05) is 17.7 Å². The Morgan fingerprint density at radius 3 is 2.81 bits per heavy atom. The third-order valence-corrected chi connectivity index (χ3v) is 2.94. The van der Waals surface area contributed by atoms with Crippen LogP contribution in [0.15, 0.2) is 47.6 Å². The van der Waals surface area contributed by atoms with Crippen LogP contribution in [0.2, 0.25) is 5.02 Å². The average molecular weight is 306 g/mol. The highest BCUT2D eigenvalue weighted by Crippen LogP contribution is 2.27. The number of nitro benzene ring substituents is 1. The Labute approximate surface area is 126 Å². The van der Waals surface area contributed by atoms with Gasteiger partial charge in [0.2, 0.25) is 0 Å². The second kappa shape index (κ2) is 6.71. The number of methoxy groups -OCH3 is 1. The number of hydrogen-bond donors (Lipinski definition) is 1. The summed E-state index contributed by atoms with van der Waals surface area (Å²) in [5, 5.41) is 15.1. The first-order valence-electron chi connectivity index (χ1n) is 5.97. The van der Waals surface area contributed by atoms with Crippen molar-refractivity contribution >= 4 is 29.2 Å². The molecule has 21 heavy (non-hydrogen) atoms. The van der Waals surface area contributed by atoms with E-state index in [-0.39, 0.29) is 5.69 Å². The van der Waals surface area contributed by atoms with Crippen molar-refractivity contribution in [3.8, 4) is 5.75 Å². The minimum atomic E-state index is -0.450. The van der Waals surface area contributed by atoms with Gasteiger partial charge in [-0.05, 0) is 18.2 Å². The predicted molar refractivity (Wildman–Crippen MR) is 82.3 cm³/mol. The van der Waals surface area contributed by atoms with Crippen molar-refractivity contribution < 1.29 is 9.66 Å². The number of benzene rings is 2. The van der Waals surface area contributed by atoms with Gasteiger partial charge < -0.3 is 4.74 Å². The molecule has 2 aromatic rings. The third-order valence-electron chi connectivity index (χ3n) is 2.64. The van der Waals surface area contributed by atoms with Crippen LogP contribution in [-0.4, -0.2) is 18.2 Å². The molecule has 6 nitrogen and oxygen atoms in total. The van der Waals surface area contributed by atoms with Gasteiger partial charge in [0.05, 0.1) is 29.0 Å². The predicted octanol–water partition coefficient (Wildman–Crippen LogP) is 3.70. The van der Waals surface area contributed by atoms with E-state index in [4.69, 9.17) is 16.3 Å². The topological polar surface area (TPSA) is 76.8 Å². The third kappa shape index (κ3) is 3.93. The van der Waals surface area contributed by atoms with E-state index in [1.807, 2.05) is 0 Å². The molecular weight excluding hydrogens is 294 g/mol. The first-order valence-corrected chi connectivity index (χ1v) is 6.35. The molecule has 0 unspecified atom stereocenters. The van der Waals surface area contributed by atoms with Crippen molar-refractivity contribution in [3.63, 3.8) is 0 Å². The molecule has 0 amide bonds. The second-order valence-corrected chi connectivity index (χ2v) is 4.48. The number of non-ortho nitro benzene ring substituents is 1. The number of nitrogens with one attached hydrogen (secondary N) is 1. The van der Waals surface area contributed by atoms with Crippen LogP contribution in [0, 0.1) is 10.1 Å². The molecule has 0 fully saturated rings. The molecule has 0 saturated carbocycles. The SMILES string of the molecule is COc1ccc(N/N=C/c2cccc([N+](=O)[O-])c2)cc1Cl. The summed E-state index contributed by atoms with van der Waals surface area (Å²) >= 11 is 5.99. The second-order valence-electron chi connectivity index (χ2n) is 4.07. The molecule has 0 aliphatic carbocycles. The number of hydrazone groups is 1. The summed E-state index contributed by atoms with van der Waals surface area (Å²) in [6.45, 7) is 0. The van der Waals surface area contributed by atoms with Crippen LogP contribution in [0.3, 0.4) is 0 Å². The molecule has 0 aromatic heterocycles. The number of rotatable bonds is 5. The van der Waals surface area contributed by atoms with Crippen molar-refractivity contribution in [3.05, 3.63) is 63.2 Å². The number of hydrogen-bond acceptors (Lipinski definition) is 5. The van der Waals surface area contributed by atoms with Gasteiger partial charge >= 0.3 is 0 Å². The highest BCUT2D eigenvalue weighted by atomic mass is 35.5. The van der Waals surface area contributed by atoms with Crippen molar-refractivity contribution in [2.45, 2.75) is 0 Å². The lowest BCUT2D eigenvalue weighted by atomic mass is 10.2. The van der Waals surface area contributed by atoms with Gasteiger partial charge in [0.25, 0.3) is 5.69 Å². The van der Waals surface area contributed by atoms with Gasteiger partial charge in [-0.2, -0.15) is 5.10 Å². The van der Waals surface area contributed by atoms with Gasteiger partial charge in [0.1, 0.15) is 5.75 Å². The fourth-order valence-corrected chi connectivity index (χ4v) is 1.89. The molecule has 0 heterocycles. The summed E-state index contributed by atoms with van der Waals surface area (Å²) in [6, 6.07) is 11.3. The zero-order valence-corrected chi connectivity index (χ0v) is 11.9. The Morgan fingerprint density at radius 2 is 2.14 bits per heavy atom. The van der Waals surface area contributed by atoms with Crippen molar-refractivity contribution in [1.29, 1.82) is 0 Å². The molecule has 7 heteroatoms. The van der Waals surface area contributed by atoms with E-state index in [9.17, 15) is 10.1 Å². The molecule has 0 aliphatic rings. The van der Waals surface area contributed by atoms with E-state index < -0.39 is 4.92 Å². The minimum absolute atomic E-state index is 0.0199. The molecular formula is C14H12ClN3O3. The summed E-state index contributed by atoms with van der Waals surface area (Å²) in [4.78, 5) is 10.2. The monoisotopic (exact) mass is 305 g/mol. The maximum Gasteiger partial charge on any atom is 0.270 e. The van der Waals surface area contributed by atoms with Crippen LogP contribution >= 0.6 is 11.6 Å². The van der Waals surface area contributed by atoms with Crippen LogP contribution in [0.25, 0.3) is 0 Å². The van der Waals surface area contributed by atoms with Crippen LogP contribution in [0.1, 0.15) is 5.56 Å². The standard InChI is InChI=1S/C14H12ClN3O3/c1-21-14-6-5-11(8-13(14)15)17-16-9-10-3-2-4-12(7-10)18(19)20/h2-9,17H,1H3/b16-9+. The molecule has 0 aliphatic heterocycles. The van der Waals surface area contributed by atoms with Crippen LogP contribution < -0.4 is 10.2 Å². The fourth-order valence-electron chi connectivity index (χ4n) is 1.64. The molecule has 2 aromatic carbocycles. The molecule has 0 saturated heterocycles. The summed E-state index contributed by atoms with van der Waals surface area (Å²) < 4.78 is 5.05. The van der Waals surface area contributed by atoms with E-state index in [1.165, 1.54) is 25.5 Å². The van der Waals surface area contributed by atoms with E-state index in [1.54, 1.807) is 30.3 Å². The number of nitrogens with zero attached hydrogens (tertiary/aromatic N) is 2. The minimum Gasteiger partial charge on any atom is -0.495 e. The van der Waals surface area contributed by atoms with Gasteiger partial charge in [-0.25, -0.2) is 0 Å². The summed E-state index contributed by atoms with van der Waals surface area (Å²) in [5.74, 6) is 0.574. The summed E-state index contributed by atoms with van der Waals surface area (Å²) in [5.41, 5.74) is 4.12. The van der Waals surface area contributed by atoms with E-state index >= 15 is 0 Å². The Bertz CT molecular complexity index is 689. The maximum atomic E-state index is 10.7. The van der Waals surface area contributed by atoms with E-state index in [2.05, 4.69) is 10.5 Å². The Kier molecular flexibility index (Phi) is 4.73. The van der Waals surface area contributed by atoms with E-state index in [0.717, 1.165) is 0 Å². The Hall–Kier alpha value is -2.60. The summed E-state index contributed by atoms with van der Waals surface area (Å²) in [7, 11) is 1.54. The van der Waals surface area contributed by atoms with Gasteiger partial charge in [-0.3, -0.25) is 15.5 Å². The number of anilines is 1. The van der Waals surface area contributed by atoms with Crippen molar-refractivity contribution in [2.24, 2.45) is 5.10 Å².